The molecule has 1 saturated heterocycles. The van der Waals surface area contributed by atoms with Crippen LogP contribution in [0.25, 0.3) is 0 Å². The van der Waals surface area contributed by atoms with E-state index in [0.717, 1.165) is 6.07 Å². The van der Waals surface area contributed by atoms with Crippen LogP contribution in [0.2, 0.25) is 5.02 Å². The number of hydrogen-bond donors (Lipinski definition) is 2. The van der Waals surface area contributed by atoms with Crippen LogP contribution < -0.4 is 10.6 Å². The molecule has 1 aliphatic rings. The van der Waals surface area contributed by atoms with Gasteiger partial charge in [0.2, 0.25) is 15.9 Å². The van der Waals surface area contributed by atoms with Gasteiger partial charge in [0, 0.05) is 31.4 Å². The number of carbonyl (C=O) groups excluding carboxylic acids is 3. The van der Waals surface area contributed by atoms with Crippen molar-refractivity contribution in [1.29, 1.82) is 0 Å². The minimum atomic E-state index is -3.84. The second kappa shape index (κ2) is 10.8. The second-order valence-corrected chi connectivity index (χ2v) is 9.39. The Morgan fingerprint density at radius 3 is 2.24 bits per heavy atom. The van der Waals surface area contributed by atoms with E-state index in [2.05, 4.69) is 10.6 Å². The van der Waals surface area contributed by atoms with Crippen LogP contribution >= 0.6 is 11.6 Å². The van der Waals surface area contributed by atoms with Crippen molar-refractivity contribution < 1.29 is 32.3 Å². The average molecular weight is 496 g/mol. The fourth-order valence-electron chi connectivity index (χ4n) is 3.00. The molecule has 176 valence electrons. The second-order valence-electron chi connectivity index (χ2n) is 7.04. The van der Waals surface area contributed by atoms with E-state index in [9.17, 15) is 22.8 Å². The number of nitrogens with one attached hydrogen (secondary N) is 2. The molecular formula is C21H22ClN3O7S. The summed E-state index contributed by atoms with van der Waals surface area (Å²) in [5.41, 5.74) is 0.828. The SMILES string of the molecule is CC(=O)Nc1ccc(NC(=O)COC(=O)c2cc(S(=O)(=O)N3CCOCC3)ccc2Cl)cc1. The molecule has 0 saturated carbocycles. The third-order valence-electron chi connectivity index (χ3n) is 4.59. The monoisotopic (exact) mass is 495 g/mol. The van der Waals surface area contributed by atoms with Gasteiger partial charge in [0.05, 0.1) is 28.7 Å². The lowest BCUT2D eigenvalue weighted by molar-refractivity contribution is -0.119. The van der Waals surface area contributed by atoms with E-state index in [1.165, 1.54) is 23.4 Å². The molecule has 2 aromatic rings. The predicted molar refractivity (Wildman–Crippen MR) is 121 cm³/mol. The van der Waals surface area contributed by atoms with Gasteiger partial charge < -0.3 is 20.1 Å². The lowest BCUT2D eigenvalue weighted by Gasteiger charge is -2.26. The molecule has 0 atom stereocenters. The molecule has 1 fully saturated rings. The van der Waals surface area contributed by atoms with Crippen molar-refractivity contribution >= 4 is 50.8 Å². The molecule has 10 nitrogen and oxygen atoms in total. The van der Waals surface area contributed by atoms with Gasteiger partial charge in [-0.25, -0.2) is 13.2 Å². The van der Waals surface area contributed by atoms with Crippen molar-refractivity contribution in [2.45, 2.75) is 11.8 Å². The summed E-state index contributed by atoms with van der Waals surface area (Å²) >= 11 is 6.06. The Morgan fingerprint density at radius 1 is 1.03 bits per heavy atom. The largest absolute Gasteiger partial charge is 0.452 e. The number of ether oxygens (including phenoxy) is 2. The number of nitrogens with zero attached hydrogens (tertiary/aromatic N) is 1. The highest BCUT2D eigenvalue weighted by atomic mass is 35.5. The zero-order valence-electron chi connectivity index (χ0n) is 17.7. The van der Waals surface area contributed by atoms with E-state index in [-0.39, 0.29) is 47.7 Å². The van der Waals surface area contributed by atoms with Crippen molar-refractivity contribution in [3.8, 4) is 0 Å². The van der Waals surface area contributed by atoms with Gasteiger partial charge in [-0.05, 0) is 42.5 Å². The van der Waals surface area contributed by atoms with Gasteiger partial charge in [-0.3, -0.25) is 9.59 Å². The molecule has 0 aliphatic carbocycles. The number of carbonyl (C=O) groups is 3. The summed E-state index contributed by atoms with van der Waals surface area (Å²) in [6.07, 6.45) is 0. The maximum Gasteiger partial charge on any atom is 0.340 e. The summed E-state index contributed by atoms with van der Waals surface area (Å²) in [6, 6.07) is 10.1. The Balaban J connectivity index is 1.62. The third-order valence-corrected chi connectivity index (χ3v) is 6.81. The van der Waals surface area contributed by atoms with Crippen LogP contribution in [0.1, 0.15) is 17.3 Å². The van der Waals surface area contributed by atoms with Crippen LogP contribution in [0, 0.1) is 0 Å². The zero-order valence-corrected chi connectivity index (χ0v) is 19.2. The first kappa shape index (κ1) is 24.6. The first-order chi connectivity index (χ1) is 15.7. The topological polar surface area (TPSA) is 131 Å². The van der Waals surface area contributed by atoms with Crippen molar-refractivity contribution in [3.63, 3.8) is 0 Å². The summed E-state index contributed by atoms with van der Waals surface area (Å²) in [5.74, 6) is -1.77. The van der Waals surface area contributed by atoms with Crippen molar-refractivity contribution in [1.82, 2.24) is 4.31 Å². The fraction of sp³-hybridized carbons (Fsp3) is 0.286. The highest BCUT2D eigenvalue weighted by Gasteiger charge is 2.28. The molecule has 1 aliphatic heterocycles. The number of hydrogen-bond acceptors (Lipinski definition) is 7. The zero-order chi connectivity index (χ0) is 24.0. The molecule has 2 N–H and O–H groups in total. The van der Waals surface area contributed by atoms with Gasteiger partial charge in [0.15, 0.2) is 6.61 Å². The number of halogens is 1. The lowest BCUT2D eigenvalue weighted by atomic mass is 10.2. The van der Waals surface area contributed by atoms with E-state index in [4.69, 9.17) is 21.1 Å². The molecule has 0 spiro atoms. The summed E-state index contributed by atoms with van der Waals surface area (Å²) in [4.78, 5) is 35.5. The van der Waals surface area contributed by atoms with Gasteiger partial charge in [0.1, 0.15) is 0 Å². The summed E-state index contributed by atoms with van der Waals surface area (Å²) in [6.45, 7) is 1.75. The summed E-state index contributed by atoms with van der Waals surface area (Å²) in [5, 5.41) is 5.14. The van der Waals surface area contributed by atoms with E-state index >= 15 is 0 Å². The van der Waals surface area contributed by atoms with Crippen LogP contribution in [0.5, 0.6) is 0 Å². The molecular weight excluding hydrogens is 474 g/mol. The molecule has 2 aromatic carbocycles. The standard InChI is InChI=1S/C21H22ClN3O7S/c1-14(26)23-15-2-4-16(5-3-15)24-20(27)13-32-21(28)18-12-17(6-7-19(18)22)33(29,30)25-8-10-31-11-9-25/h2-7,12H,8-11,13H2,1H3,(H,23,26)(H,24,27). The molecule has 33 heavy (non-hydrogen) atoms. The van der Waals surface area contributed by atoms with Crippen LogP contribution in [-0.4, -0.2) is 63.4 Å². The Bertz CT molecular complexity index is 1150. The van der Waals surface area contributed by atoms with Gasteiger partial charge in [0.25, 0.3) is 5.91 Å². The number of sulfonamides is 1. The molecule has 1 heterocycles. The van der Waals surface area contributed by atoms with Crippen molar-refractivity contribution in [3.05, 3.63) is 53.1 Å². The number of rotatable bonds is 7. The number of benzene rings is 2. The quantitative estimate of drug-likeness (QED) is 0.562. The number of esters is 1. The Kier molecular flexibility index (Phi) is 8.03. The first-order valence-electron chi connectivity index (χ1n) is 9.89. The molecule has 0 unspecified atom stereocenters. The normalized spacial score (nSPS) is 14.4. The van der Waals surface area contributed by atoms with Gasteiger partial charge in [-0.15, -0.1) is 0 Å². The molecule has 0 radical (unpaired) electrons. The van der Waals surface area contributed by atoms with Crippen LogP contribution in [0.15, 0.2) is 47.4 Å². The molecule has 12 heteroatoms. The number of anilines is 2. The van der Waals surface area contributed by atoms with Crippen molar-refractivity contribution in [2.24, 2.45) is 0 Å². The van der Waals surface area contributed by atoms with E-state index in [1.807, 2.05) is 0 Å². The van der Waals surface area contributed by atoms with Gasteiger partial charge in [-0.1, -0.05) is 11.6 Å². The minimum absolute atomic E-state index is 0.00473. The van der Waals surface area contributed by atoms with E-state index in [0.29, 0.717) is 11.4 Å². The average Bonchev–Trinajstić information content (AvgIpc) is 2.79. The summed E-state index contributed by atoms with van der Waals surface area (Å²) < 4.78 is 37.1. The lowest BCUT2D eigenvalue weighted by Crippen LogP contribution is -2.40. The van der Waals surface area contributed by atoms with E-state index in [1.54, 1.807) is 24.3 Å². The summed E-state index contributed by atoms with van der Waals surface area (Å²) in [7, 11) is -3.84. The van der Waals surface area contributed by atoms with Gasteiger partial charge >= 0.3 is 5.97 Å². The Labute approximate surface area is 195 Å². The Morgan fingerprint density at radius 2 is 1.64 bits per heavy atom. The number of morpholine rings is 1. The highest BCUT2D eigenvalue weighted by Crippen LogP contribution is 2.24. The fourth-order valence-corrected chi connectivity index (χ4v) is 4.63. The highest BCUT2D eigenvalue weighted by molar-refractivity contribution is 7.89. The van der Waals surface area contributed by atoms with Gasteiger partial charge in [-0.2, -0.15) is 4.31 Å². The third kappa shape index (κ3) is 6.51. The maximum absolute atomic E-state index is 12.8. The number of amides is 2. The molecule has 0 bridgehead atoms. The predicted octanol–water partition coefficient (Wildman–Crippen LogP) is 2.11. The van der Waals surface area contributed by atoms with Crippen LogP contribution in [0.3, 0.4) is 0 Å². The minimum Gasteiger partial charge on any atom is -0.452 e. The molecule has 3 rings (SSSR count). The maximum atomic E-state index is 12.8. The molecule has 2 amide bonds. The van der Waals surface area contributed by atoms with Crippen molar-refractivity contribution in [2.75, 3.05) is 43.5 Å². The van der Waals surface area contributed by atoms with Crippen LogP contribution in [0.4, 0.5) is 11.4 Å². The van der Waals surface area contributed by atoms with E-state index < -0.39 is 28.5 Å². The smallest absolute Gasteiger partial charge is 0.340 e. The first-order valence-corrected chi connectivity index (χ1v) is 11.7. The Hall–Kier alpha value is -2.99. The molecule has 0 aromatic heterocycles. The van der Waals surface area contributed by atoms with Crippen LogP contribution in [-0.2, 0) is 29.1 Å².